The van der Waals surface area contributed by atoms with Crippen LogP contribution in [0.2, 0.25) is 0 Å². The van der Waals surface area contributed by atoms with E-state index < -0.39 is 11.9 Å². The van der Waals surface area contributed by atoms with Crippen molar-refractivity contribution in [2.24, 2.45) is 5.10 Å². The summed E-state index contributed by atoms with van der Waals surface area (Å²) in [5, 5.41) is 15.8. The second kappa shape index (κ2) is 6.48. The number of para-hydroxylation sites is 1. The van der Waals surface area contributed by atoms with Crippen LogP contribution in [-0.4, -0.2) is 21.7 Å². The highest BCUT2D eigenvalue weighted by atomic mass is 19.1. The van der Waals surface area contributed by atoms with Gasteiger partial charge in [0.2, 0.25) is 0 Å². The zero-order valence-corrected chi connectivity index (χ0v) is 13.7. The van der Waals surface area contributed by atoms with Gasteiger partial charge in [-0.3, -0.25) is 4.79 Å². The quantitative estimate of drug-likeness (QED) is 0.773. The number of halogens is 1. The summed E-state index contributed by atoms with van der Waals surface area (Å²) in [5.74, 6) is -0.580. The van der Waals surface area contributed by atoms with E-state index in [2.05, 4.69) is 5.10 Å². The number of carbonyl (C=O) groups is 1. The van der Waals surface area contributed by atoms with Crippen LogP contribution in [0, 0.1) is 5.82 Å². The van der Waals surface area contributed by atoms with Gasteiger partial charge < -0.3 is 9.52 Å². The average Bonchev–Trinajstić information content (AvgIpc) is 3.32. The summed E-state index contributed by atoms with van der Waals surface area (Å²) in [6.45, 7) is 0. The molecule has 1 N–H and O–H groups in total. The van der Waals surface area contributed by atoms with Crippen molar-refractivity contribution in [3.05, 3.63) is 89.6 Å². The molecule has 0 bridgehead atoms. The smallest absolute Gasteiger partial charge is 0.310 e. The number of nitrogens with zero attached hydrogens (tertiary/aromatic N) is 2. The molecule has 1 aliphatic rings. The Balaban J connectivity index is 1.76. The van der Waals surface area contributed by atoms with Crippen molar-refractivity contribution < 1.29 is 18.7 Å². The first-order valence-electron chi connectivity index (χ1n) is 8.12. The Hall–Kier alpha value is -3.41. The summed E-state index contributed by atoms with van der Waals surface area (Å²) >= 11 is 0. The first kappa shape index (κ1) is 16.1. The molecular weight excluding hydrogens is 335 g/mol. The molecule has 0 aliphatic carbocycles. The van der Waals surface area contributed by atoms with Gasteiger partial charge in [0, 0.05) is 12.0 Å². The van der Waals surface area contributed by atoms with Gasteiger partial charge in [-0.1, -0.05) is 24.3 Å². The fraction of sp³-hybridized carbons (Fsp3) is 0.100. The number of aromatic hydroxyl groups is 1. The maximum Gasteiger partial charge on any atom is 0.310 e. The molecule has 6 heteroatoms. The van der Waals surface area contributed by atoms with Crippen LogP contribution < -0.4 is 0 Å². The number of hydrazone groups is 1. The lowest BCUT2D eigenvalue weighted by atomic mass is 9.98. The van der Waals surface area contributed by atoms with Gasteiger partial charge in [-0.15, -0.1) is 0 Å². The lowest BCUT2D eigenvalue weighted by molar-refractivity contribution is 0.0678. The van der Waals surface area contributed by atoms with Crippen LogP contribution in [0.25, 0.3) is 0 Å². The maximum atomic E-state index is 13.7. The standard InChI is InChI=1S/C20H15FN2O3/c21-14-6-3-5-13(11-14)17-12-16(15-7-1-2-8-18(15)24)22-23(17)20(25)19-9-4-10-26-19/h1-11,17,24H,12H2/t17-/m0/s1. The summed E-state index contributed by atoms with van der Waals surface area (Å²) < 4.78 is 18.9. The van der Waals surface area contributed by atoms with Gasteiger partial charge in [-0.05, 0) is 42.0 Å². The molecule has 0 spiro atoms. The molecule has 0 saturated heterocycles. The van der Waals surface area contributed by atoms with Crippen molar-refractivity contribution in [2.75, 3.05) is 0 Å². The largest absolute Gasteiger partial charge is 0.507 e. The van der Waals surface area contributed by atoms with Crippen LogP contribution in [0.1, 0.15) is 34.1 Å². The van der Waals surface area contributed by atoms with Crippen LogP contribution >= 0.6 is 0 Å². The molecule has 1 aliphatic heterocycles. The van der Waals surface area contributed by atoms with Crippen molar-refractivity contribution in [3.63, 3.8) is 0 Å². The van der Waals surface area contributed by atoms with Gasteiger partial charge in [0.15, 0.2) is 5.76 Å². The molecule has 0 radical (unpaired) electrons. The Morgan fingerprint density at radius 1 is 1.15 bits per heavy atom. The van der Waals surface area contributed by atoms with E-state index in [4.69, 9.17) is 4.42 Å². The monoisotopic (exact) mass is 350 g/mol. The number of rotatable bonds is 3. The highest BCUT2D eigenvalue weighted by molar-refractivity contribution is 6.06. The van der Waals surface area contributed by atoms with Crippen LogP contribution in [-0.2, 0) is 0 Å². The second-order valence-electron chi connectivity index (χ2n) is 5.97. The van der Waals surface area contributed by atoms with Crippen molar-refractivity contribution in [1.29, 1.82) is 0 Å². The molecular formula is C20H15FN2O3. The van der Waals surface area contributed by atoms with Crippen molar-refractivity contribution in [3.8, 4) is 5.75 Å². The number of hydrogen-bond donors (Lipinski definition) is 1. The molecule has 0 saturated carbocycles. The molecule has 2 heterocycles. The minimum atomic E-state index is -0.488. The highest BCUT2D eigenvalue weighted by Crippen LogP contribution is 2.35. The number of furan rings is 1. The van der Waals surface area contributed by atoms with E-state index in [0.29, 0.717) is 23.3 Å². The van der Waals surface area contributed by atoms with E-state index >= 15 is 0 Å². The molecule has 5 nitrogen and oxygen atoms in total. The molecule has 1 amide bonds. The minimum Gasteiger partial charge on any atom is -0.507 e. The molecule has 4 rings (SSSR count). The Bertz CT molecular complexity index is 982. The number of hydrogen-bond acceptors (Lipinski definition) is 4. The average molecular weight is 350 g/mol. The maximum absolute atomic E-state index is 13.7. The second-order valence-corrected chi connectivity index (χ2v) is 5.97. The number of benzene rings is 2. The Labute approximate surface area is 149 Å². The van der Waals surface area contributed by atoms with Gasteiger partial charge in [0.05, 0.1) is 18.0 Å². The highest BCUT2D eigenvalue weighted by Gasteiger charge is 2.35. The van der Waals surface area contributed by atoms with Crippen LogP contribution in [0.3, 0.4) is 0 Å². The van der Waals surface area contributed by atoms with Crippen LogP contribution in [0.4, 0.5) is 4.39 Å². The number of phenolic OH excluding ortho intramolecular Hbond substituents is 1. The first-order valence-corrected chi connectivity index (χ1v) is 8.12. The van der Waals surface area contributed by atoms with Crippen LogP contribution in [0.5, 0.6) is 5.75 Å². The van der Waals surface area contributed by atoms with E-state index in [0.717, 1.165) is 0 Å². The Morgan fingerprint density at radius 3 is 2.73 bits per heavy atom. The molecule has 0 unspecified atom stereocenters. The van der Waals surface area contributed by atoms with Gasteiger partial charge >= 0.3 is 5.91 Å². The molecule has 26 heavy (non-hydrogen) atoms. The normalized spacial score (nSPS) is 16.6. The summed E-state index contributed by atoms with van der Waals surface area (Å²) in [6, 6.07) is 15.6. The van der Waals surface area contributed by atoms with E-state index in [1.807, 2.05) is 0 Å². The summed E-state index contributed by atoms with van der Waals surface area (Å²) in [7, 11) is 0. The zero-order chi connectivity index (χ0) is 18.1. The first-order chi connectivity index (χ1) is 12.6. The molecule has 3 aromatic rings. The third kappa shape index (κ3) is 2.86. The van der Waals surface area contributed by atoms with Gasteiger partial charge in [0.25, 0.3) is 0 Å². The number of carbonyl (C=O) groups excluding carboxylic acids is 1. The van der Waals surface area contributed by atoms with E-state index in [9.17, 15) is 14.3 Å². The predicted molar refractivity (Wildman–Crippen MR) is 93.3 cm³/mol. The van der Waals surface area contributed by atoms with Crippen LogP contribution in [0.15, 0.2) is 76.4 Å². The third-order valence-electron chi connectivity index (χ3n) is 4.30. The van der Waals surface area contributed by atoms with E-state index in [1.54, 1.807) is 48.5 Å². The Morgan fingerprint density at radius 2 is 2.00 bits per heavy atom. The molecule has 1 atom stereocenters. The van der Waals surface area contributed by atoms with Crippen molar-refractivity contribution in [2.45, 2.75) is 12.5 Å². The molecule has 130 valence electrons. The zero-order valence-electron chi connectivity index (χ0n) is 13.7. The fourth-order valence-electron chi connectivity index (χ4n) is 3.06. The molecule has 0 fully saturated rings. The minimum absolute atomic E-state index is 0.0801. The van der Waals surface area contributed by atoms with Gasteiger partial charge in [-0.25, -0.2) is 9.40 Å². The number of amides is 1. The Kier molecular flexibility index (Phi) is 4.01. The topological polar surface area (TPSA) is 66.0 Å². The lowest BCUT2D eigenvalue weighted by Gasteiger charge is -2.21. The summed E-state index contributed by atoms with van der Waals surface area (Å²) in [6.07, 6.45) is 1.77. The van der Waals surface area contributed by atoms with Gasteiger partial charge in [0.1, 0.15) is 11.6 Å². The molecule has 2 aromatic carbocycles. The SMILES string of the molecule is O=C(c1ccco1)N1N=C(c2ccccc2O)C[C@H]1c1cccc(F)c1. The van der Waals surface area contributed by atoms with E-state index in [-0.39, 0.29) is 17.3 Å². The lowest BCUT2D eigenvalue weighted by Crippen LogP contribution is -2.26. The number of phenols is 1. The summed E-state index contributed by atoms with van der Waals surface area (Å²) in [4.78, 5) is 12.8. The van der Waals surface area contributed by atoms with E-state index in [1.165, 1.54) is 23.4 Å². The fourth-order valence-corrected chi connectivity index (χ4v) is 3.06. The predicted octanol–water partition coefficient (Wildman–Crippen LogP) is 4.12. The summed E-state index contributed by atoms with van der Waals surface area (Å²) in [5.41, 5.74) is 1.72. The third-order valence-corrected chi connectivity index (χ3v) is 4.30. The van der Waals surface area contributed by atoms with Gasteiger partial charge in [-0.2, -0.15) is 5.10 Å². The van der Waals surface area contributed by atoms with Crippen molar-refractivity contribution >= 4 is 11.6 Å². The molecule has 1 aromatic heterocycles. The van der Waals surface area contributed by atoms with Crippen molar-refractivity contribution in [1.82, 2.24) is 5.01 Å².